The summed E-state index contributed by atoms with van der Waals surface area (Å²) < 4.78 is 26.7. The highest BCUT2D eigenvalue weighted by atomic mass is 32.2. The molecule has 0 saturated heterocycles. The summed E-state index contributed by atoms with van der Waals surface area (Å²) >= 11 is 1.50. The normalized spacial score (nSPS) is 17.9. The number of hydrogen-bond acceptors (Lipinski definition) is 3. The minimum Gasteiger partial charge on any atom is -0.332 e. The lowest BCUT2D eigenvalue weighted by Gasteiger charge is -2.06. The number of amidine groups is 1. The molecule has 102 valence electrons. The van der Waals surface area contributed by atoms with Crippen LogP contribution in [0.1, 0.15) is 11.6 Å². The van der Waals surface area contributed by atoms with E-state index in [1.54, 1.807) is 0 Å². The largest absolute Gasteiger partial charge is 0.332 e. The summed E-state index contributed by atoms with van der Waals surface area (Å²) in [6, 6.07) is 13.3. The number of benzene rings is 2. The Labute approximate surface area is 119 Å². The van der Waals surface area contributed by atoms with Gasteiger partial charge < -0.3 is 5.32 Å². The third-order valence-corrected chi connectivity index (χ3v) is 3.97. The third-order valence-electron chi connectivity index (χ3n) is 3.01. The molecule has 1 unspecified atom stereocenters. The van der Waals surface area contributed by atoms with Crippen molar-refractivity contribution in [1.29, 1.82) is 0 Å². The van der Waals surface area contributed by atoms with E-state index in [0.717, 1.165) is 29.5 Å². The Hall–Kier alpha value is -1.88. The summed E-state index contributed by atoms with van der Waals surface area (Å²) in [4.78, 5) is 4.50. The molecule has 1 heterocycles. The second-order valence-electron chi connectivity index (χ2n) is 4.42. The molecule has 1 aliphatic rings. The van der Waals surface area contributed by atoms with Crippen LogP contribution in [0.15, 0.2) is 53.5 Å². The highest BCUT2D eigenvalue weighted by molar-refractivity contribution is 8.14. The molecule has 2 aromatic rings. The second-order valence-corrected chi connectivity index (χ2v) is 5.43. The minimum atomic E-state index is -0.488. The maximum absolute atomic E-state index is 13.5. The zero-order valence-corrected chi connectivity index (χ0v) is 11.3. The van der Waals surface area contributed by atoms with Crippen LogP contribution in [0.2, 0.25) is 0 Å². The highest BCUT2D eigenvalue weighted by Gasteiger charge is 2.20. The topological polar surface area (TPSA) is 24.4 Å². The van der Waals surface area contributed by atoms with Gasteiger partial charge in [-0.3, -0.25) is 4.99 Å². The van der Waals surface area contributed by atoms with Crippen LogP contribution in [-0.2, 0) is 0 Å². The monoisotopic (exact) mass is 290 g/mol. The number of halogens is 2. The van der Waals surface area contributed by atoms with E-state index in [9.17, 15) is 8.78 Å². The number of aliphatic imine (C=N–C) groups is 1. The van der Waals surface area contributed by atoms with Crippen LogP contribution in [-0.4, -0.2) is 10.9 Å². The molecule has 0 saturated carbocycles. The summed E-state index contributed by atoms with van der Waals surface area (Å²) in [6.45, 7) is 0. The van der Waals surface area contributed by atoms with Gasteiger partial charge in [-0.1, -0.05) is 42.1 Å². The first-order valence-electron chi connectivity index (χ1n) is 6.20. The molecule has 3 rings (SSSR count). The maximum atomic E-state index is 13.5. The summed E-state index contributed by atoms with van der Waals surface area (Å²) in [5.41, 5.74) is 1.24. The fourth-order valence-corrected chi connectivity index (χ4v) is 2.96. The van der Waals surface area contributed by atoms with Gasteiger partial charge in [-0.15, -0.1) is 0 Å². The molecule has 2 nitrogen and oxygen atoms in total. The van der Waals surface area contributed by atoms with Crippen LogP contribution in [0.4, 0.5) is 14.5 Å². The van der Waals surface area contributed by atoms with E-state index in [0.29, 0.717) is 5.17 Å². The third kappa shape index (κ3) is 2.82. The molecular weight excluding hydrogens is 278 g/mol. The zero-order chi connectivity index (χ0) is 13.9. The van der Waals surface area contributed by atoms with E-state index in [-0.39, 0.29) is 11.7 Å². The molecule has 20 heavy (non-hydrogen) atoms. The van der Waals surface area contributed by atoms with Crippen molar-refractivity contribution in [1.82, 2.24) is 0 Å². The summed E-state index contributed by atoms with van der Waals surface area (Å²) in [7, 11) is 0. The summed E-state index contributed by atoms with van der Waals surface area (Å²) in [5.74, 6) is -0.168. The molecule has 1 N–H and O–H groups in total. The molecule has 5 heteroatoms. The standard InChI is InChI=1S/C15H12F2N2S/c16-11-6-7-12(17)13(8-11)18-15-19-14(9-20-15)10-4-2-1-3-5-10/h1-8,14H,9H2,(H,18,19). The first kappa shape index (κ1) is 13.1. The average molecular weight is 290 g/mol. The van der Waals surface area contributed by atoms with Crippen molar-refractivity contribution in [3.63, 3.8) is 0 Å². The summed E-state index contributed by atoms with van der Waals surface area (Å²) in [5, 5.41) is 3.46. The lowest BCUT2D eigenvalue weighted by molar-refractivity contribution is 0.604. The number of nitrogens with one attached hydrogen (secondary N) is 1. The van der Waals surface area contributed by atoms with Crippen LogP contribution in [0.3, 0.4) is 0 Å². The second kappa shape index (κ2) is 5.63. The first-order valence-corrected chi connectivity index (χ1v) is 7.18. The van der Waals surface area contributed by atoms with Gasteiger partial charge in [0, 0.05) is 11.8 Å². The molecular formula is C15H12F2N2S. The van der Waals surface area contributed by atoms with Gasteiger partial charge in [0.2, 0.25) is 0 Å². The van der Waals surface area contributed by atoms with Crippen molar-refractivity contribution in [3.8, 4) is 0 Å². The van der Waals surface area contributed by atoms with Gasteiger partial charge in [0.15, 0.2) is 5.17 Å². The van der Waals surface area contributed by atoms with E-state index in [4.69, 9.17) is 0 Å². The van der Waals surface area contributed by atoms with E-state index in [1.807, 2.05) is 30.3 Å². The number of rotatable bonds is 2. The Morgan fingerprint density at radius 1 is 1.10 bits per heavy atom. The lowest BCUT2D eigenvalue weighted by atomic mass is 10.1. The van der Waals surface area contributed by atoms with Crippen molar-refractivity contribution >= 4 is 22.6 Å². The lowest BCUT2D eigenvalue weighted by Crippen LogP contribution is -2.06. The molecule has 0 spiro atoms. The van der Waals surface area contributed by atoms with Crippen molar-refractivity contribution in [2.45, 2.75) is 6.04 Å². The Kier molecular flexibility index (Phi) is 3.69. The number of hydrogen-bond donors (Lipinski definition) is 1. The SMILES string of the molecule is Fc1ccc(F)c(NC2=NC(c3ccccc3)CS2)c1. The van der Waals surface area contributed by atoms with Gasteiger partial charge in [-0.2, -0.15) is 0 Å². The van der Waals surface area contributed by atoms with Crippen molar-refractivity contribution in [2.24, 2.45) is 4.99 Å². The molecule has 1 atom stereocenters. The maximum Gasteiger partial charge on any atom is 0.161 e. The highest BCUT2D eigenvalue weighted by Crippen LogP contribution is 2.31. The number of nitrogens with zero attached hydrogens (tertiary/aromatic N) is 1. The zero-order valence-electron chi connectivity index (χ0n) is 10.5. The molecule has 1 aliphatic heterocycles. The van der Waals surface area contributed by atoms with Gasteiger partial charge in [-0.05, 0) is 17.7 Å². The molecule has 0 fully saturated rings. The van der Waals surface area contributed by atoms with E-state index < -0.39 is 11.6 Å². The fourth-order valence-electron chi connectivity index (χ4n) is 2.00. The smallest absolute Gasteiger partial charge is 0.161 e. The molecule has 0 aromatic heterocycles. The van der Waals surface area contributed by atoms with Crippen molar-refractivity contribution in [2.75, 3.05) is 11.1 Å². The van der Waals surface area contributed by atoms with Gasteiger partial charge in [-0.25, -0.2) is 8.78 Å². The Morgan fingerprint density at radius 3 is 2.70 bits per heavy atom. The van der Waals surface area contributed by atoms with E-state index in [2.05, 4.69) is 10.3 Å². The molecule has 0 aliphatic carbocycles. The first-order chi connectivity index (χ1) is 9.72. The quantitative estimate of drug-likeness (QED) is 0.895. The van der Waals surface area contributed by atoms with Gasteiger partial charge in [0.1, 0.15) is 11.6 Å². The number of thioether (sulfide) groups is 1. The Morgan fingerprint density at radius 2 is 1.90 bits per heavy atom. The predicted octanol–water partition coefficient (Wildman–Crippen LogP) is 4.22. The molecule has 0 bridgehead atoms. The van der Waals surface area contributed by atoms with E-state index in [1.165, 1.54) is 11.8 Å². The molecule has 0 radical (unpaired) electrons. The Balaban J connectivity index is 1.77. The minimum absolute atomic E-state index is 0.0559. The summed E-state index contributed by atoms with van der Waals surface area (Å²) in [6.07, 6.45) is 0. The van der Waals surface area contributed by atoms with Crippen LogP contribution >= 0.6 is 11.8 Å². The fraction of sp³-hybridized carbons (Fsp3) is 0.133. The number of anilines is 1. The average Bonchev–Trinajstić information content (AvgIpc) is 2.92. The van der Waals surface area contributed by atoms with Crippen LogP contribution in [0.25, 0.3) is 0 Å². The Bertz CT molecular complexity index is 644. The predicted molar refractivity (Wildman–Crippen MR) is 79.1 cm³/mol. The van der Waals surface area contributed by atoms with Gasteiger partial charge >= 0.3 is 0 Å². The molecule has 2 aromatic carbocycles. The molecule has 0 amide bonds. The van der Waals surface area contributed by atoms with Crippen molar-refractivity contribution in [3.05, 3.63) is 65.7 Å². The van der Waals surface area contributed by atoms with Crippen LogP contribution in [0.5, 0.6) is 0 Å². The van der Waals surface area contributed by atoms with Gasteiger partial charge in [0.25, 0.3) is 0 Å². The van der Waals surface area contributed by atoms with Crippen molar-refractivity contribution < 1.29 is 8.78 Å². The van der Waals surface area contributed by atoms with E-state index >= 15 is 0 Å². The van der Waals surface area contributed by atoms with Crippen LogP contribution < -0.4 is 5.32 Å². The van der Waals surface area contributed by atoms with Crippen LogP contribution in [0, 0.1) is 11.6 Å². The van der Waals surface area contributed by atoms with Gasteiger partial charge in [0.05, 0.1) is 11.7 Å².